The molecule has 0 aliphatic carbocycles. The fourth-order valence-electron chi connectivity index (χ4n) is 5.15. The van der Waals surface area contributed by atoms with Crippen LogP contribution in [0.3, 0.4) is 0 Å². The second kappa shape index (κ2) is 12.2. The van der Waals surface area contributed by atoms with Crippen molar-refractivity contribution < 1.29 is 9.53 Å². The van der Waals surface area contributed by atoms with Crippen LogP contribution in [0.25, 0.3) is 10.9 Å². The van der Waals surface area contributed by atoms with Gasteiger partial charge in [0, 0.05) is 61.1 Å². The molecule has 37 heavy (non-hydrogen) atoms. The lowest BCUT2D eigenvalue weighted by molar-refractivity contribution is 0.122. The molecule has 0 bridgehead atoms. The zero-order valence-corrected chi connectivity index (χ0v) is 21.6. The third kappa shape index (κ3) is 6.29. The Morgan fingerprint density at radius 2 is 1.73 bits per heavy atom. The van der Waals surface area contributed by atoms with Crippen LogP contribution in [0.5, 0.6) is 0 Å². The number of aromatic nitrogens is 2. The molecule has 3 heterocycles. The second-order valence-electron chi connectivity index (χ2n) is 9.71. The monoisotopic (exact) mass is 503 g/mol. The summed E-state index contributed by atoms with van der Waals surface area (Å²) in [7, 11) is 1.97. The van der Waals surface area contributed by atoms with Crippen LogP contribution in [0.2, 0.25) is 0 Å². The van der Waals surface area contributed by atoms with Crippen molar-refractivity contribution in [2.45, 2.75) is 25.2 Å². The van der Waals surface area contributed by atoms with E-state index in [1.807, 2.05) is 24.1 Å². The molecule has 3 aromatic rings. The number of morpholine rings is 1. The molecule has 196 valence electrons. The maximum absolute atomic E-state index is 12.9. The Labute approximate surface area is 218 Å². The van der Waals surface area contributed by atoms with Crippen molar-refractivity contribution in [1.29, 1.82) is 0 Å². The van der Waals surface area contributed by atoms with E-state index in [9.17, 15) is 4.79 Å². The Bertz CT molecular complexity index is 1170. The number of piperidine rings is 1. The lowest BCUT2D eigenvalue weighted by Crippen LogP contribution is -2.40. The van der Waals surface area contributed by atoms with Gasteiger partial charge in [0.15, 0.2) is 0 Å². The number of benzene rings is 2. The Kier molecular flexibility index (Phi) is 8.32. The van der Waals surface area contributed by atoms with Crippen molar-refractivity contribution in [2.24, 2.45) is 0 Å². The molecule has 0 spiro atoms. The van der Waals surface area contributed by atoms with E-state index in [0.717, 1.165) is 92.3 Å². The van der Waals surface area contributed by atoms with Crippen LogP contribution in [-0.2, 0) is 4.74 Å². The second-order valence-corrected chi connectivity index (χ2v) is 9.71. The molecule has 2 aromatic carbocycles. The van der Waals surface area contributed by atoms with Gasteiger partial charge in [-0.1, -0.05) is 0 Å². The average Bonchev–Trinajstić information content (AvgIpc) is 2.96. The van der Waals surface area contributed by atoms with E-state index in [0.29, 0.717) is 19.0 Å². The van der Waals surface area contributed by atoms with Gasteiger partial charge in [0.1, 0.15) is 6.33 Å². The van der Waals surface area contributed by atoms with Crippen LogP contribution in [-0.4, -0.2) is 80.4 Å². The minimum Gasteiger partial charge on any atom is -0.385 e. The quantitative estimate of drug-likeness (QED) is 0.402. The van der Waals surface area contributed by atoms with Gasteiger partial charge in [-0.25, -0.2) is 14.8 Å². The molecule has 0 unspecified atom stereocenters. The molecule has 9 heteroatoms. The van der Waals surface area contributed by atoms with Crippen LogP contribution in [0.1, 0.15) is 30.9 Å². The molecular formula is C28H37N7O2. The van der Waals surface area contributed by atoms with Gasteiger partial charge in [0.2, 0.25) is 0 Å². The van der Waals surface area contributed by atoms with Crippen molar-refractivity contribution in [3.63, 3.8) is 0 Å². The number of urea groups is 1. The van der Waals surface area contributed by atoms with Crippen LogP contribution in [0.4, 0.5) is 21.9 Å². The van der Waals surface area contributed by atoms with Gasteiger partial charge in [0.05, 0.1) is 24.4 Å². The Morgan fingerprint density at radius 3 is 2.49 bits per heavy atom. The van der Waals surface area contributed by atoms with Crippen LogP contribution < -0.4 is 20.9 Å². The molecule has 9 nitrogen and oxygen atoms in total. The van der Waals surface area contributed by atoms with Gasteiger partial charge < -0.3 is 30.5 Å². The highest BCUT2D eigenvalue weighted by Gasteiger charge is 2.26. The summed E-state index contributed by atoms with van der Waals surface area (Å²) in [5.41, 5.74) is 5.12. The Morgan fingerprint density at radius 1 is 0.973 bits per heavy atom. The van der Waals surface area contributed by atoms with E-state index >= 15 is 0 Å². The number of hydrogen-bond acceptors (Lipinski definition) is 7. The lowest BCUT2D eigenvalue weighted by Gasteiger charge is -2.32. The molecule has 2 saturated heterocycles. The average molecular weight is 504 g/mol. The number of rotatable bonds is 8. The van der Waals surface area contributed by atoms with Gasteiger partial charge in [0.25, 0.3) is 0 Å². The van der Waals surface area contributed by atoms with Crippen molar-refractivity contribution in [1.82, 2.24) is 20.2 Å². The number of carbonyl (C=O) groups is 1. The van der Waals surface area contributed by atoms with Gasteiger partial charge in [-0.05, 0) is 75.3 Å². The first-order valence-electron chi connectivity index (χ1n) is 13.3. The third-order valence-corrected chi connectivity index (χ3v) is 7.26. The van der Waals surface area contributed by atoms with Crippen molar-refractivity contribution in [3.8, 4) is 0 Å². The molecular weight excluding hydrogens is 466 g/mol. The topological polar surface area (TPSA) is 94.7 Å². The van der Waals surface area contributed by atoms with Crippen LogP contribution in [0.15, 0.2) is 48.8 Å². The summed E-state index contributed by atoms with van der Waals surface area (Å²) in [6, 6.07) is 14.4. The van der Waals surface area contributed by atoms with Crippen molar-refractivity contribution in [2.75, 3.05) is 75.1 Å². The number of nitrogens with one attached hydrogen (secondary N) is 3. The van der Waals surface area contributed by atoms with Crippen molar-refractivity contribution >= 4 is 34.0 Å². The molecule has 2 aliphatic heterocycles. The fourth-order valence-corrected chi connectivity index (χ4v) is 5.15. The number of anilines is 3. The zero-order valence-electron chi connectivity index (χ0n) is 21.6. The summed E-state index contributed by atoms with van der Waals surface area (Å²) < 4.78 is 5.43. The minimum absolute atomic E-state index is 0.0425. The predicted molar refractivity (Wildman–Crippen MR) is 149 cm³/mol. The number of hydrogen-bond donors (Lipinski definition) is 3. The maximum atomic E-state index is 12.9. The van der Waals surface area contributed by atoms with E-state index in [1.54, 1.807) is 6.33 Å². The Hall–Kier alpha value is -3.43. The molecule has 2 amide bonds. The summed E-state index contributed by atoms with van der Waals surface area (Å²) in [6.07, 6.45) is 4.51. The predicted octanol–water partition coefficient (Wildman–Crippen LogP) is 3.90. The largest absolute Gasteiger partial charge is 0.385 e. The first-order chi connectivity index (χ1) is 18.2. The molecule has 0 radical (unpaired) electrons. The van der Waals surface area contributed by atoms with Crippen LogP contribution >= 0.6 is 0 Å². The standard InChI is InChI=1S/C28H37N7O2/c1-29-11-2-12-30-23-5-8-25-26(19-23)31-20-32-27(25)21-9-13-35(14-10-21)28(36)33-22-3-6-24(7-4-22)34-15-17-37-18-16-34/h3-8,19-21,29-30H,2,9-18H2,1H3,(H,33,36). The summed E-state index contributed by atoms with van der Waals surface area (Å²) >= 11 is 0. The number of likely N-dealkylation sites (tertiary alicyclic amines) is 1. The summed E-state index contributed by atoms with van der Waals surface area (Å²) in [5, 5.41) is 10.8. The molecule has 5 rings (SSSR count). The number of nitrogens with zero attached hydrogens (tertiary/aromatic N) is 4. The Balaban J connectivity index is 1.15. The molecule has 2 fully saturated rings. The van der Waals surface area contributed by atoms with Gasteiger partial charge in [-0.2, -0.15) is 0 Å². The summed E-state index contributed by atoms with van der Waals surface area (Å²) in [4.78, 5) is 26.3. The number of fused-ring (bicyclic) bond motifs is 1. The smallest absolute Gasteiger partial charge is 0.321 e. The summed E-state index contributed by atoms with van der Waals surface area (Å²) in [6.45, 7) is 6.64. The highest BCUT2D eigenvalue weighted by Crippen LogP contribution is 2.32. The first kappa shape index (κ1) is 25.2. The number of carbonyl (C=O) groups excluding carboxylic acids is 1. The summed E-state index contributed by atoms with van der Waals surface area (Å²) in [5.74, 6) is 0.316. The van der Waals surface area contributed by atoms with E-state index in [-0.39, 0.29) is 6.03 Å². The van der Waals surface area contributed by atoms with Gasteiger partial charge in [-0.15, -0.1) is 0 Å². The molecule has 1 aromatic heterocycles. The zero-order chi connectivity index (χ0) is 25.5. The highest BCUT2D eigenvalue weighted by atomic mass is 16.5. The highest BCUT2D eigenvalue weighted by molar-refractivity contribution is 5.89. The number of ether oxygens (including phenoxy) is 1. The molecule has 0 saturated carbocycles. The van der Waals surface area contributed by atoms with E-state index < -0.39 is 0 Å². The van der Waals surface area contributed by atoms with E-state index in [2.05, 4.69) is 61.2 Å². The van der Waals surface area contributed by atoms with E-state index in [1.165, 1.54) is 0 Å². The SMILES string of the molecule is CNCCCNc1ccc2c(C3CCN(C(=O)Nc4ccc(N5CCOCC5)cc4)CC3)ncnc2c1. The fraction of sp³-hybridized carbons (Fsp3) is 0.464. The molecule has 3 N–H and O–H groups in total. The minimum atomic E-state index is -0.0425. The van der Waals surface area contributed by atoms with Crippen molar-refractivity contribution in [3.05, 3.63) is 54.5 Å². The maximum Gasteiger partial charge on any atom is 0.321 e. The lowest BCUT2D eigenvalue weighted by atomic mass is 9.91. The normalized spacial score (nSPS) is 16.7. The van der Waals surface area contributed by atoms with Gasteiger partial charge >= 0.3 is 6.03 Å². The molecule has 0 atom stereocenters. The molecule has 2 aliphatic rings. The van der Waals surface area contributed by atoms with Gasteiger partial charge in [-0.3, -0.25) is 0 Å². The first-order valence-corrected chi connectivity index (χ1v) is 13.3. The van der Waals surface area contributed by atoms with E-state index in [4.69, 9.17) is 4.74 Å². The third-order valence-electron chi connectivity index (χ3n) is 7.26. The number of amides is 2. The van der Waals surface area contributed by atoms with Crippen LogP contribution in [0, 0.1) is 0 Å².